The second-order valence-corrected chi connectivity index (χ2v) is 4.38. The number of likely N-dealkylation sites (N-methyl/N-ethyl adjacent to an activating group) is 1. The van der Waals surface area contributed by atoms with Crippen molar-refractivity contribution in [2.75, 3.05) is 13.6 Å². The van der Waals surface area contributed by atoms with Crippen LogP contribution in [0.25, 0.3) is 0 Å². The summed E-state index contributed by atoms with van der Waals surface area (Å²) in [5, 5.41) is 12.9. The summed E-state index contributed by atoms with van der Waals surface area (Å²) in [5.74, 6) is -0.0153. The number of hydrogen-bond acceptors (Lipinski definition) is 3. The van der Waals surface area contributed by atoms with Crippen molar-refractivity contribution in [3.05, 3.63) is 17.0 Å². The SMILES string of the molecule is CCc1c(C)nn(CC(=O)N(C)CCC#N)c1C. The Hall–Kier alpha value is -1.83. The van der Waals surface area contributed by atoms with Gasteiger partial charge in [-0.1, -0.05) is 6.92 Å². The standard InChI is InChI=1S/C13H20N4O/c1-5-12-10(2)15-17(11(12)3)9-13(18)16(4)8-6-7-14/h5-6,8-9H2,1-4H3. The monoisotopic (exact) mass is 248 g/mol. The van der Waals surface area contributed by atoms with E-state index < -0.39 is 0 Å². The number of aromatic nitrogens is 2. The molecule has 0 aliphatic rings. The number of nitriles is 1. The van der Waals surface area contributed by atoms with E-state index >= 15 is 0 Å². The van der Waals surface area contributed by atoms with Gasteiger partial charge in [-0.25, -0.2) is 0 Å². The van der Waals surface area contributed by atoms with Crippen LogP contribution in [0.4, 0.5) is 0 Å². The molecule has 1 heterocycles. The third kappa shape index (κ3) is 3.10. The van der Waals surface area contributed by atoms with E-state index in [1.165, 1.54) is 5.56 Å². The van der Waals surface area contributed by atoms with Crippen LogP contribution in [-0.4, -0.2) is 34.2 Å². The van der Waals surface area contributed by atoms with Crippen LogP contribution in [-0.2, 0) is 17.8 Å². The highest BCUT2D eigenvalue weighted by molar-refractivity contribution is 5.75. The van der Waals surface area contributed by atoms with Crippen LogP contribution in [0, 0.1) is 25.2 Å². The summed E-state index contributed by atoms with van der Waals surface area (Å²) in [6, 6.07) is 2.03. The van der Waals surface area contributed by atoms with Gasteiger partial charge in [0.25, 0.3) is 0 Å². The first kappa shape index (κ1) is 14.2. The number of rotatable bonds is 5. The number of carbonyl (C=O) groups is 1. The van der Waals surface area contributed by atoms with Gasteiger partial charge in [-0.2, -0.15) is 10.4 Å². The maximum atomic E-state index is 11.9. The van der Waals surface area contributed by atoms with Crippen molar-refractivity contribution in [2.45, 2.75) is 40.2 Å². The molecule has 1 rings (SSSR count). The fraction of sp³-hybridized carbons (Fsp3) is 0.615. The predicted molar refractivity (Wildman–Crippen MR) is 68.9 cm³/mol. The second kappa shape index (κ2) is 6.20. The highest BCUT2D eigenvalue weighted by Gasteiger charge is 2.14. The van der Waals surface area contributed by atoms with Crippen molar-refractivity contribution in [3.8, 4) is 6.07 Å². The van der Waals surface area contributed by atoms with Gasteiger partial charge in [0.15, 0.2) is 0 Å². The Labute approximate surface area is 108 Å². The lowest BCUT2D eigenvalue weighted by atomic mass is 10.1. The van der Waals surface area contributed by atoms with Crippen LogP contribution >= 0.6 is 0 Å². The van der Waals surface area contributed by atoms with Crippen molar-refractivity contribution >= 4 is 5.91 Å². The zero-order valence-corrected chi connectivity index (χ0v) is 11.5. The van der Waals surface area contributed by atoms with Crippen LogP contribution < -0.4 is 0 Å². The molecule has 0 aliphatic carbocycles. The summed E-state index contributed by atoms with van der Waals surface area (Å²) in [7, 11) is 1.71. The molecule has 98 valence electrons. The Kier molecular flexibility index (Phi) is 4.90. The van der Waals surface area contributed by atoms with Crippen molar-refractivity contribution < 1.29 is 4.79 Å². The number of aryl methyl sites for hydroxylation is 1. The van der Waals surface area contributed by atoms with Crippen LogP contribution in [0.5, 0.6) is 0 Å². The highest BCUT2D eigenvalue weighted by Crippen LogP contribution is 2.13. The Bertz CT molecular complexity index is 470. The maximum Gasteiger partial charge on any atom is 0.244 e. The van der Waals surface area contributed by atoms with E-state index in [1.54, 1.807) is 16.6 Å². The van der Waals surface area contributed by atoms with Crippen LogP contribution in [0.1, 0.15) is 30.3 Å². The average molecular weight is 248 g/mol. The molecule has 18 heavy (non-hydrogen) atoms. The minimum absolute atomic E-state index is 0.0153. The molecule has 5 nitrogen and oxygen atoms in total. The predicted octanol–water partition coefficient (Wildman–Crippen LogP) is 1.43. The summed E-state index contributed by atoms with van der Waals surface area (Å²) in [4.78, 5) is 13.5. The van der Waals surface area contributed by atoms with E-state index in [2.05, 4.69) is 12.0 Å². The normalized spacial score (nSPS) is 10.2. The molecule has 0 bridgehead atoms. The van der Waals surface area contributed by atoms with Crippen LogP contribution in [0.2, 0.25) is 0 Å². The molecule has 1 aromatic heterocycles. The van der Waals surface area contributed by atoms with Crippen molar-refractivity contribution in [2.24, 2.45) is 0 Å². The zero-order chi connectivity index (χ0) is 13.7. The van der Waals surface area contributed by atoms with Gasteiger partial charge in [-0.05, 0) is 25.8 Å². The Balaban J connectivity index is 2.74. The fourth-order valence-electron chi connectivity index (χ4n) is 1.99. The van der Waals surface area contributed by atoms with Crippen LogP contribution in [0.15, 0.2) is 0 Å². The van der Waals surface area contributed by atoms with Gasteiger partial charge in [0.2, 0.25) is 5.91 Å². The largest absolute Gasteiger partial charge is 0.343 e. The first-order valence-electron chi connectivity index (χ1n) is 6.15. The zero-order valence-electron chi connectivity index (χ0n) is 11.5. The molecule has 0 saturated heterocycles. The Morgan fingerprint density at radius 1 is 1.50 bits per heavy atom. The molecule has 0 atom stereocenters. The lowest BCUT2D eigenvalue weighted by Gasteiger charge is -2.15. The molecular weight excluding hydrogens is 228 g/mol. The molecule has 0 aromatic carbocycles. The lowest BCUT2D eigenvalue weighted by Crippen LogP contribution is -2.31. The fourth-order valence-corrected chi connectivity index (χ4v) is 1.99. The van der Waals surface area contributed by atoms with Gasteiger partial charge in [0.1, 0.15) is 6.54 Å². The molecule has 0 saturated carbocycles. The third-order valence-corrected chi connectivity index (χ3v) is 3.15. The number of carbonyl (C=O) groups excluding carboxylic acids is 1. The summed E-state index contributed by atoms with van der Waals surface area (Å²) < 4.78 is 1.75. The minimum Gasteiger partial charge on any atom is -0.343 e. The lowest BCUT2D eigenvalue weighted by molar-refractivity contribution is -0.130. The molecule has 0 radical (unpaired) electrons. The van der Waals surface area contributed by atoms with Crippen molar-refractivity contribution in [1.29, 1.82) is 5.26 Å². The van der Waals surface area contributed by atoms with Crippen molar-refractivity contribution in [1.82, 2.24) is 14.7 Å². The molecule has 0 spiro atoms. The first-order valence-corrected chi connectivity index (χ1v) is 6.15. The smallest absolute Gasteiger partial charge is 0.244 e. The van der Waals surface area contributed by atoms with Gasteiger partial charge in [0, 0.05) is 19.3 Å². The summed E-state index contributed by atoms with van der Waals surface area (Å²) in [5.41, 5.74) is 3.25. The molecule has 0 aliphatic heterocycles. The molecule has 1 amide bonds. The molecule has 0 N–H and O–H groups in total. The summed E-state index contributed by atoms with van der Waals surface area (Å²) >= 11 is 0. The first-order chi connectivity index (χ1) is 8.51. The van der Waals surface area contributed by atoms with E-state index in [0.717, 1.165) is 17.8 Å². The van der Waals surface area contributed by atoms with E-state index in [-0.39, 0.29) is 12.5 Å². The second-order valence-electron chi connectivity index (χ2n) is 4.38. The number of nitrogens with zero attached hydrogens (tertiary/aromatic N) is 4. The van der Waals surface area contributed by atoms with Crippen molar-refractivity contribution in [3.63, 3.8) is 0 Å². The highest BCUT2D eigenvalue weighted by atomic mass is 16.2. The molecule has 0 unspecified atom stereocenters. The maximum absolute atomic E-state index is 11.9. The summed E-state index contributed by atoms with van der Waals surface area (Å²) in [6.07, 6.45) is 1.29. The topological polar surface area (TPSA) is 61.9 Å². The van der Waals surface area contributed by atoms with E-state index in [4.69, 9.17) is 5.26 Å². The van der Waals surface area contributed by atoms with Gasteiger partial charge >= 0.3 is 0 Å². The number of amides is 1. The average Bonchev–Trinajstić information content (AvgIpc) is 2.60. The third-order valence-electron chi connectivity index (χ3n) is 3.15. The van der Waals surface area contributed by atoms with Gasteiger partial charge in [0.05, 0.1) is 18.2 Å². The minimum atomic E-state index is -0.0153. The van der Waals surface area contributed by atoms with E-state index in [1.807, 2.05) is 19.9 Å². The van der Waals surface area contributed by atoms with Gasteiger partial charge in [-0.3, -0.25) is 9.48 Å². The van der Waals surface area contributed by atoms with Gasteiger partial charge in [-0.15, -0.1) is 0 Å². The Morgan fingerprint density at radius 2 is 2.17 bits per heavy atom. The molecule has 1 aromatic rings. The molecule has 5 heteroatoms. The molecular formula is C13H20N4O. The molecule has 0 fully saturated rings. The van der Waals surface area contributed by atoms with E-state index in [9.17, 15) is 4.79 Å². The van der Waals surface area contributed by atoms with E-state index in [0.29, 0.717) is 13.0 Å². The Morgan fingerprint density at radius 3 is 2.67 bits per heavy atom. The van der Waals surface area contributed by atoms with Gasteiger partial charge < -0.3 is 4.90 Å². The quantitative estimate of drug-likeness (QED) is 0.792. The summed E-state index contributed by atoms with van der Waals surface area (Å²) in [6.45, 7) is 6.75. The number of hydrogen-bond donors (Lipinski definition) is 0. The van der Waals surface area contributed by atoms with Crippen LogP contribution in [0.3, 0.4) is 0 Å².